The Labute approximate surface area is 158 Å². The number of rotatable bonds is 6. The number of nitrogens with one attached hydrogen (secondary N) is 1. The second-order valence-electron chi connectivity index (χ2n) is 6.01. The van der Waals surface area contributed by atoms with Crippen molar-refractivity contribution in [3.05, 3.63) is 59.1 Å². The van der Waals surface area contributed by atoms with Gasteiger partial charge in [0, 0.05) is 30.3 Å². The van der Waals surface area contributed by atoms with Gasteiger partial charge in [0.25, 0.3) is 0 Å². The summed E-state index contributed by atoms with van der Waals surface area (Å²) in [4.78, 5) is 2.32. The smallest absolute Gasteiger partial charge is 0.240 e. The van der Waals surface area contributed by atoms with Crippen molar-refractivity contribution in [1.29, 1.82) is 0 Å². The van der Waals surface area contributed by atoms with Gasteiger partial charge in [0.1, 0.15) is 0 Å². The van der Waals surface area contributed by atoms with Gasteiger partial charge in [-0.15, -0.1) is 0 Å². The predicted molar refractivity (Wildman–Crippen MR) is 101 cm³/mol. The summed E-state index contributed by atoms with van der Waals surface area (Å²) in [6, 6.07) is 13.4. The first-order valence-electron chi connectivity index (χ1n) is 8.32. The lowest BCUT2D eigenvalue weighted by molar-refractivity contribution is 0.122. The third-order valence-corrected chi connectivity index (χ3v) is 5.94. The van der Waals surface area contributed by atoms with Gasteiger partial charge < -0.3 is 14.7 Å². The molecule has 0 bridgehead atoms. The highest BCUT2D eigenvalue weighted by Gasteiger charge is 2.17. The predicted octanol–water partition coefficient (Wildman–Crippen LogP) is 2.19. The second kappa shape index (κ2) is 8.37. The van der Waals surface area contributed by atoms with Crippen LogP contribution in [-0.2, 0) is 14.8 Å². The first-order chi connectivity index (χ1) is 12.5. The first-order valence-corrected chi connectivity index (χ1v) is 10.2. The lowest BCUT2D eigenvalue weighted by Crippen LogP contribution is -2.36. The van der Waals surface area contributed by atoms with Gasteiger partial charge in [-0.05, 0) is 42.0 Å². The molecule has 3 rings (SSSR count). The third kappa shape index (κ3) is 4.75. The second-order valence-corrected chi connectivity index (χ2v) is 8.22. The summed E-state index contributed by atoms with van der Waals surface area (Å²) in [6.45, 7) is 2.97. The molecular weight excluding hydrogens is 376 g/mol. The van der Waals surface area contributed by atoms with Crippen molar-refractivity contribution < 1.29 is 18.3 Å². The van der Waals surface area contributed by atoms with Gasteiger partial charge in [0.05, 0.1) is 24.2 Å². The summed E-state index contributed by atoms with van der Waals surface area (Å²) >= 11 is 5.77. The summed E-state index contributed by atoms with van der Waals surface area (Å²) in [5, 5.41) is 10.8. The fourth-order valence-electron chi connectivity index (χ4n) is 2.73. The Morgan fingerprint density at radius 1 is 1.08 bits per heavy atom. The molecule has 1 fully saturated rings. The number of halogens is 1. The number of aliphatic hydroxyl groups excluding tert-OH is 1. The van der Waals surface area contributed by atoms with Crippen molar-refractivity contribution in [2.45, 2.75) is 11.0 Å². The van der Waals surface area contributed by atoms with Crippen molar-refractivity contribution in [2.75, 3.05) is 37.7 Å². The van der Waals surface area contributed by atoms with Crippen LogP contribution >= 0.6 is 11.6 Å². The van der Waals surface area contributed by atoms with Gasteiger partial charge in [-0.2, -0.15) is 0 Å². The van der Waals surface area contributed by atoms with Crippen LogP contribution in [0.15, 0.2) is 53.4 Å². The van der Waals surface area contributed by atoms with E-state index in [0.717, 1.165) is 18.8 Å². The molecule has 0 saturated carbocycles. The van der Waals surface area contributed by atoms with E-state index in [9.17, 15) is 13.5 Å². The largest absolute Gasteiger partial charge is 0.387 e. The summed E-state index contributed by atoms with van der Waals surface area (Å²) < 4.78 is 32.3. The standard InChI is InChI=1S/C18H21ClN2O4S/c19-15-3-7-17(8-4-15)26(23,24)20-13-18(22)14-1-5-16(6-2-14)21-9-11-25-12-10-21/h1-8,18,20,22H,9-13H2. The zero-order valence-electron chi connectivity index (χ0n) is 14.1. The molecule has 140 valence electrons. The Morgan fingerprint density at radius 3 is 2.31 bits per heavy atom. The Kier molecular flexibility index (Phi) is 6.16. The van der Waals surface area contributed by atoms with Crippen LogP contribution in [0.1, 0.15) is 11.7 Å². The summed E-state index contributed by atoms with van der Waals surface area (Å²) in [5.74, 6) is 0. The van der Waals surface area contributed by atoms with E-state index >= 15 is 0 Å². The Hall–Kier alpha value is -1.64. The van der Waals surface area contributed by atoms with Gasteiger partial charge in [-0.3, -0.25) is 0 Å². The van der Waals surface area contributed by atoms with E-state index in [0.29, 0.717) is 23.8 Å². The average Bonchev–Trinajstić information content (AvgIpc) is 2.67. The lowest BCUT2D eigenvalue weighted by atomic mass is 10.1. The van der Waals surface area contributed by atoms with E-state index in [-0.39, 0.29) is 11.4 Å². The molecule has 1 unspecified atom stereocenters. The van der Waals surface area contributed by atoms with Crippen LogP contribution < -0.4 is 9.62 Å². The van der Waals surface area contributed by atoms with Crippen LogP contribution in [0.3, 0.4) is 0 Å². The molecular formula is C18H21ClN2O4S. The maximum absolute atomic E-state index is 12.3. The number of nitrogens with zero attached hydrogens (tertiary/aromatic N) is 1. The number of morpholine rings is 1. The van der Waals surface area contributed by atoms with E-state index < -0.39 is 16.1 Å². The fraction of sp³-hybridized carbons (Fsp3) is 0.333. The maximum atomic E-state index is 12.3. The highest BCUT2D eigenvalue weighted by molar-refractivity contribution is 7.89. The normalized spacial score (nSPS) is 16.5. The molecule has 0 amide bonds. The molecule has 0 spiro atoms. The average molecular weight is 397 g/mol. The van der Waals surface area contributed by atoms with Gasteiger partial charge >= 0.3 is 0 Å². The summed E-state index contributed by atoms with van der Waals surface area (Å²) in [5.41, 5.74) is 1.71. The molecule has 2 N–H and O–H groups in total. The van der Waals surface area contributed by atoms with Crippen molar-refractivity contribution in [3.63, 3.8) is 0 Å². The summed E-state index contributed by atoms with van der Waals surface area (Å²) in [7, 11) is -3.70. The first kappa shape index (κ1) is 19.1. The molecule has 0 radical (unpaired) electrons. The van der Waals surface area contributed by atoms with Crippen LogP contribution in [0, 0.1) is 0 Å². The summed E-state index contributed by atoms with van der Waals surface area (Å²) in [6.07, 6.45) is -0.934. The minimum atomic E-state index is -3.70. The molecule has 26 heavy (non-hydrogen) atoms. The van der Waals surface area contributed by atoms with Crippen LogP contribution in [0.5, 0.6) is 0 Å². The van der Waals surface area contributed by atoms with Gasteiger partial charge in [0.2, 0.25) is 10.0 Å². The van der Waals surface area contributed by atoms with E-state index in [4.69, 9.17) is 16.3 Å². The van der Waals surface area contributed by atoms with Crippen LogP contribution in [0.25, 0.3) is 0 Å². The SMILES string of the molecule is O=S(=O)(NCC(O)c1ccc(N2CCOCC2)cc1)c1ccc(Cl)cc1. The number of hydrogen-bond acceptors (Lipinski definition) is 5. The minimum absolute atomic E-state index is 0.108. The van der Waals surface area contributed by atoms with Crippen molar-refractivity contribution in [1.82, 2.24) is 4.72 Å². The molecule has 1 aliphatic heterocycles. The molecule has 0 aliphatic carbocycles. The number of hydrogen-bond donors (Lipinski definition) is 2. The maximum Gasteiger partial charge on any atom is 0.240 e. The Balaban J connectivity index is 1.60. The Bertz CT molecular complexity index is 819. The molecule has 0 aromatic heterocycles. The van der Waals surface area contributed by atoms with Gasteiger partial charge in [-0.25, -0.2) is 13.1 Å². The molecule has 1 atom stereocenters. The number of anilines is 1. The monoisotopic (exact) mass is 396 g/mol. The van der Waals surface area contributed by atoms with Crippen molar-refractivity contribution >= 4 is 27.3 Å². The van der Waals surface area contributed by atoms with E-state index in [2.05, 4.69) is 9.62 Å². The third-order valence-electron chi connectivity index (χ3n) is 4.24. The minimum Gasteiger partial charge on any atom is -0.387 e. The van der Waals surface area contributed by atoms with Gasteiger partial charge in [0.15, 0.2) is 0 Å². The zero-order chi connectivity index (χ0) is 18.6. The molecule has 2 aromatic carbocycles. The number of benzene rings is 2. The van der Waals surface area contributed by atoms with Crippen LogP contribution in [0.4, 0.5) is 5.69 Å². The molecule has 8 heteroatoms. The van der Waals surface area contributed by atoms with E-state index in [1.807, 2.05) is 24.3 Å². The van der Waals surface area contributed by atoms with Crippen LogP contribution in [0.2, 0.25) is 5.02 Å². The quantitative estimate of drug-likeness (QED) is 0.782. The van der Waals surface area contributed by atoms with E-state index in [1.54, 1.807) is 0 Å². The molecule has 1 heterocycles. The van der Waals surface area contributed by atoms with Crippen LogP contribution in [-0.4, -0.2) is 46.4 Å². The van der Waals surface area contributed by atoms with Crippen molar-refractivity contribution in [3.8, 4) is 0 Å². The topological polar surface area (TPSA) is 78.9 Å². The molecule has 1 aliphatic rings. The highest BCUT2D eigenvalue weighted by Crippen LogP contribution is 2.21. The number of aliphatic hydroxyl groups is 1. The number of ether oxygens (including phenoxy) is 1. The Morgan fingerprint density at radius 2 is 1.69 bits per heavy atom. The van der Waals surface area contributed by atoms with Gasteiger partial charge in [-0.1, -0.05) is 23.7 Å². The van der Waals surface area contributed by atoms with E-state index in [1.165, 1.54) is 24.3 Å². The lowest BCUT2D eigenvalue weighted by Gasteiger charge is -2.29. The zero-order valence-corrected chi connectivity index (χ0v) is 15.7. The molecule has 2 aromatic rings. The van der Waals surface area contributed by atoms with Crippen molar-refractivity contribution in [2.24, 2.45) is 0 Å². The fourth-order valence-corrected chi connectivity index (χ4v) is 3.90. The molecule has 6 nitrogen and oxygen atoms in total. The molecule has 1 saturated heterocycles. The highest BCUT2D eigenvalue weighted by atomic mass is 35.5. The number of sulfonamides is 1.